The highest BCUT2D eigenvalue weighted by atomic mass is 16.8. The number of ether oxygens (including phenoxy) is 3. The Morgan fingerprint density at radius 2 is 1.95 bits per heavy atom. The topological polar surface area (TPSA) is 44.8 Å². The molecule has 108 valence electrons. The van der Waals surface area contributed by atoms with Crippen LogP contribution >= 0.6 is 0 Å². The average molecular weight is 276 g/mol. The van der Waals surface area contributed by atoms with Crippen molar-refractivity contribution in [3.05, 3.63) is 35.9 Å². The fourth-order valence-electron chi connectivity index (χ4n) is 2.88. The zero-order valence-corrected chi connectivity index (χ0v) is 11.5. The van der Waals surface area contributed by atoms with E-state index in [1.165, 1.54) is 6.42 Å². The third-order valence-corrected chi connectivity index (χ3v) is 3.94. The van der Waals surface area contributed by atoms with Crippen LogP contribution in [0.25, 0.3) is 0 Å². The van der Waals surface area contributed by atoms with Gasteiger partial charge >= 0.3 is 5.97 Å². The molecule has 1 atom stereocenters. The van der Waals surface area contributed by atoms with Gasteiger partial charge in [0, 0.05) is 12.8 Å². The van der Waals surface area contributed by atoms with Gasteiger partial charge in [-0.25, -0.2) is 4.79 Å². The summed E-state index contributed by atoms with van der Waals surface area (Å²) in [6.07, 6.45) is 5.32. The molecule has 1 aromatic carbocycles. The van der Waals surface area contributed by atoms with Gasteiger partial charge in [0.2, 0.25) is 0 Å². The Bertz CT molecular complexity index is 451. The molecule has 0 amide bonds. The molecule has 2 aliphatic rings. The van der Waals surface area contributed by atoms with E-state index < -0.39 is 5.79 Å². The zero-order valence-electron chi connectivity index (χ0n) is 11.5. The molecule has 1 aliphatic heterocycles. The van der Waals surface area contributed by atoms with Crippen molar-refractivity contribution in [3.8, 4) is 0 Å². The van der Waals surface area contributed by atoms with Crippen LogP contribution in [0, 0.1) is 0 Å². The van der Waals surface area contributed by atoms with Gasteiger partial charge in [-0.15, -0.1) is 0 Å². The SMILES string of the molecule is O=C(OCC1COC2(CCCCC2)O1)c1ccccc1. The summed E-state index contributed by atoms with van der Waals surface area (Å²) < 4.78 is 17.1. The first-order chi connectivity index (χ1) is 9.77. The first-order valence-electron chi connectivity index (χ1n) is 7.31. The van der Waals surface area contributed by atoms with Gasteiger partial charge in [-0.2, -0.15) is 0 Å². The van der Waals surface area contributed by atoms with Crippen molar-refractivity contribution in [2.24, 2.45) is 0 Å². The maximum atomic E-state index is 11.9. The minimum atomic E-state index is -0.401. The molecule has 0 aromatic heterocycles. The molecule has 20 heavy (non-hydrogen) atoms. The summed E-state index contributed by atoms with van der Waals surface area (Å²) in [6, 6.07) is 9.01. The average Bonchev–Trinajstić information content (AvgIpc) is 2.89. The number of hydrogen-bond donors (Lipinski definition) is 0. The molecule has 1 aromatic rings. The first kappa shape index (κ1) is 13.6. The van der Waals surface area contributed by atoms with Crippen molar-refractivity contribution in [1.29, 1.82) is 0 Å². The second-order valence-corrected chi connectivity index (χ2v) is 5.49. The Morgan fingerprint density at radius 3 is 2.70 bits per heavy atom. The Kier molecular flexibility index (Phi) is 4.03. The van der Waals surface area contributed by atoms with Gasteiger partial charge in [0.1, 0.15) is 12.7 Å². The van der Waals surface area contributed by atoms with Crippen molar-refractivity contribution in [3.63, 3.8) is 0 Å². The maximum Gasteiger partial charge on any atom is 0.338 e. The normalized spacial score (nSPS) is 24.7. The molecule has 1 saturated heterocycles. The number of esters is 1. The van der Waals surface area contributed by atoms with Crippen molar-refractivity contribution >= 4 is 5.97 Å². The quantitative estimate of drug-likeness (QED) is 0.796. The van der Waals surface area contributed by atoms with Gasteiger partial charge in [0.15, 0.2) is 5.79 Å². The second kappa shape index (κ2) is 5.94. The molecular weight excluding hydrogens is 256 g/mol. The van der Waals surface area contributed by atoms with Crippen LogP contribution in [0.5, 0.6) is 0 Å². The number of benzene rings is 1. The molecular formula is C16H20O4. The zero-order chi connectivity index (χ0) is 13.8. The largest absolute Gasteiger partial charge is 0.459 e. The lowest BCUT2D eigenvalue weighted by Gasteiger charge is -2.31. The molecule has 1 heterocycles. The van der Waals surface area contributed by atoms with Gasteiger partial charge in [0.05, 0.1) is 12.2 Å². The monoisotopic (exact) mass is 276 g/mol. The van der Waals surface area contributed by atoms with Crippen LogP contribution in [0.3, 0.4) is 0 Å². The fourth-order valence-corrected chi connectivity index (χ4v) is 2.88. The first-order valence-corrected chi connectivity index (χ1v) is 7.31. The van der Waals surface area contributed by atoms with E-state index in [1.807, 2.05) is 18.2 Å². The van der Waals surface area contributed by atoms with Crippen molar-refractivity contribution in [2.75, 3.05) is 13.2 Å². The van der Waals surface area contributed by atoms with Crippen molar-refractivity contribution in [1.82, 2.24) is 0 Å². The summed E-state index contributed by atoms with van der Waals surface area (Å²) >= 11 is 0. The lowest BCUT2D eigenvalue weighted by molar-refractivity contribution is -0.189. The van der Waals surface area contributed by atoms with Crippen LogP contribution in [-0.4, -0.2) is 31.1 Å². The molecule has 3 rings (SSSR count). The summed E-state index contributed by atoms with van der Waals surface area (Å²) in [5, 5.41) is 0. The number of carbonyl (C=O) groups is 1. The highest BCUT2D eigenvalue weighted by molar-refractivity contribution is 5.89. The predicted octanol–water partition coefficient (Wildman–Crippen LogP) is 2.92. The van der Waals surface area contributed by atoms with E-state index in [0.29, 0.717) is 12.2 Å². The summed E-state index contributed by atoms with van der Waals surface area (Å²) in [7, 11) is 0. The minimum absolute atomic E-state index is 0.138. The van der Waals surface area contributed by atoms with E-state index in [9.17, 15) is 4.79 Å². The lowest BCUT2D eigenvalue weighted by Crippen LogP contribution is -2.34. The second-order valence-electron chi connectivity index (χ2n) is 5.49. The summed E-state index contributed by atoms with van der Waals surface area (Å²) in [6.45, 7) is 0.775. The number of rotatable bonds is 3. The summed E-state index contributed by atoms with van der Waals surface area (Å²) in [5.74, 6) is -0.707. The van der Waals surface area contributed by atoms with Crippen LogP contribution in [0.15, 0.2) is 30.3 Å². The van der Waals surface area contributed by atoms with E-state index in [-0.39, 0.29) is 18.7 Å². The van der Waals surface area contributed by atoms with Gasteiger partial charge in [-0.3, -0.25) is 0 Å². The molecule has 4 nitrogen and oxygen atoms in total. The summed E-state index contributed by atoms with van der Waals surface area (Å²) in [4.78, 5) is 11.9. The molecule has 0 N–H and O–H groups in total. The van der Waals surface area contributed by atoms with E-state index >= 15 is 0 Å². The van der Waals surface area contributed by atoms with Crippen molar-refractivity contribution < 1.29 is 19.0 Å². The highest BCUT2D eigenvalue weighted by Crippen LogP contribution is 2.37. The fraction of sp³-hybridized carbons (Fsp3) is 0.562. The van der Waals surface area contributed by atoms with Crippen molar-refractivity contribution in [2.45, 2.75) is 44.0 Å². The van der Waals surface area contributed by atoms with Crippen LogP contribution in [0.2, 0.25) is 0 Å². The van der Waals surface area contributed by atoms with Crippen LogP contribution < -0.4 is 0 Å². The third-order valence-electron chi connectivity index (χ3n) is 3.94. The van der Waals surface area contributed by atoms with Crippen LogP contribution in [0.4, 0.5) is 0 Å². The van der Waals surface area contributed by atoms with Gasteiger partial charge < -0.3 is 14.2 Å². The van der Waals surface area contributed by atoms with E-state index in [4.69, 9.17) is 14.2 Å². The maximum absolute atomic E-state index is 11.9. The molecule has 0 radical (unpaired) electrons. The smallest absolute Gasteiger partial charge is 0.338 e. The Labute approximate surface area is 119 Å². The molecule has 2 fully saturated rings. The molecule has 1 aliphatic carbocycles. The predicted molar refractivity (Wildman–Crippen MR) is 73.4 cm³/mol. The summed E-state index contributed by atoms with van der Waals surface area (Å²) in [5.41, 5.74) is 0.568. The molecule has 1 saturated carbocycles. The van der Waals surface area contributed by atoms with E-state index in [2.05, 4.69) is 0 Å². The number of hydrogen-bond acceptors (Lipinski definition) is 4. The molecule has 4 heteroatoms. The molecule has 1 spiro atoms. The lowest BCUT2D eigenvalue weighted by atomic mass is 9.94. The van der Waals surface area contributed by atoms with Gasteiger partial charge in [0.25, 0.3) is 0 Å². The van der Waals surface area contributed by atoms with Crippen LogP contribution in [0.1, 0.15) is 42.5 Å². The Morgan fingerprint density at radius 1 is 1.20 bits per heavy atom. The van der Waals surface area contributed by atoms with Gasteiger partial charge in [-0.05, 0) is 25.0 Å². The minimum Gasteiger partial charge on any atom is -0.459 e. The standard InChI is InChI=1S/C16H20O4/c17-15(13-7-3-1-4-8-13)18-11-14-12-19-16(20-14)9-5-2-6-10-16/h1,3-4,7-8,14H,2,5-6,9-12H2. The third kappa shape index (κ3) is 3.02. The number of carbonyl (C=O) groups excluding carboxylic acids is 1. The van der Waals surface area contributed by atoms with Gasteiger partial charge in [-0.1, -0.05) is 24.6 Å². The molecule has 1 unspecified atom stereocenters. The highest BCUT2D eigenvalue weighted by Gasteiger charge is 2.42. The Hall–Kier alpha value is -1.39. The Balaban J connectivity index is 1.49. The van der Waals surface area contributed by atoms with Crippen LogP contribution in [-0.2, 0) is 14.2 Å². The van der Waals surface area contributed by atoms with E-state index in [0.717, 1.165) is 25.7 Å². The molecule has 0 bridgehead atoms. The van der Waals surface area contributed by atoms with E-state index in [1.54, 1.807) is 12.1 Å².